The van der Waals surface area contributed by atoms with Gasteiger partial charge in [-0.2, -0.15) is 0 Å². The van der Waals surface area contributed by atoms with E-state index in [2.05, 4.69) is 0 Å². The summed E-state index contributed by atoms with van der Waals surface area (Å²) < 4.78 is 52.5. The van der Waals surface area contributed by atoms with Gasteiger partial charge in [0.05, 0.1) is 16.9 Å². The number of piperidine rings is 1. The van der Waals surface area contributed by atoms with E-state index < -0.39 is 30.9 Å². The van der Waals surface area contributed by atoms with E-state index in [1.54, 1.807) is 16.3 Å². The molecule has 1 atom stereocenters. The van der Waals surface area contributed by atoms with Crippen molar-refractivity contribution in [2.45, 2.75) is 37.4 Å². The molecule has 148 valence electrons. The van der Waals surface area contributed by atoms with Gasteiger partial charge in [0.15, 0.2) is 0 Å². The number of amides is 1. The molecule has 4 aliphatic rings. The Bertz CT molecular complexity index is 828. The van der Waals surface area contributed by atoms with E-state index in [0.29, 0.717) is 45.4 Å². The van der Waals surface area contributed by atoms with Crippen molar-refractivity contribution in [2.24, 2.45) is 10.8 Å². The highest BCUT2D eigenvalue weighted by atomic mass is 32.2. The van der Waals surface area contributed by atoms with Crippen molar-refractivity contribution in [1.82, 2.24) is 13.5 Å². The molecule has 1 aliphatic carbocycles. The summed E-state index contributed by atoms with van der Waals surface area (Å²) in [5.41, 5.74) is -1.17. The summed E-state index contributed by atoms with van der Waals surface area (Å²) in [6.45, 7) is 1.94. The molecule has 1 saturated carbocycles. The minimum absolute atomic E-state index is 0.0159. The van der Waals surface area contributed by atoms with E-state index in [1.807, 2.05) is 0 Å². The number of carbonyl (C=O) groups is 1. The predicted octanol–water partition coefficient (Wildman–Crippen LogP) is -0.315. The summed E-state index contributed by atoms with van der Waals surface area (Å²) in [4.78, 5) is 14.7. The van der Waals surface area contributed by atoms with Crippen LogP contribution in [0.5, 0.6) is 0 Å². The van der Waals surface area contributed by atoms with Crippen molar-refractivity contribution in [2.75, 3.05) is 46.0 Å². The lowest BCUT2D eigenvalue weighted by Gasteiger charge is -2.46. The van der Waals surface area contributed by atoms with Gasteiger partial charge in [-0.25, -0.2) is 25.4 Å². The Morgan fingerprint density at radius 1 is 0.923 bits per heavy atom. The summed E-state index contributed by atoms with van der Waals surface area (Å²) in [5.74, 6) is 0.0159. The van der Waals surface area contributed by atoms with Crippen LogP contribution in [0, 0.1) is 10.8 Å². The van der Waals surface area contributed by atoms with Crippen LogP contribution in [-0.4, -0.2) is 87.5 Å². The van der Waals surface area contributed by atoms with Crippen LogP contribution in [0.2, 0.25) is 0 Å². The Morgan fingerprint density at radius 3 is 2.00 bits per heavy atom. The monoisotopic (exact) mass is 405 g/mol. The zero-order chi connectivity index (χ0) is 19.0. The van der Waals surface area contributed by atoms with E-state index in [9.17, 15) is 21.6 Å². The summed E-state index contributed by atoms with van der Waals surface area (Å²) in [5, 5.41) is -0.235. The van der Waals surface area contributed by atoms with Gasteiger partial charge in [-0.15, -0.1) is 0 Å². The van der Waals surface area contributed by atoms with Gasteiger partial charge in [0.2, 0.25) is 26.0 Å². The number of hydrogen-bond donors (Lipinski definition) is 0. The van der Waals surface area contributed by atoms with Gasteiger partial charge in [-0.05, 0) is 32.1 Å². The molecule has 0 aromatic heterocycles. The van der Waals surface area contributed by atoms with Crippen LogP contribution in [0.25, 0.3) is 0 Å². The van der Waals surface area contributed by atoms with E-state index in [1.165, 1.54) is 10.6 Å². The average Bonchev–Trinajstić information content (AvgIpc) is 3.32. The number of carbonyl (C=O) groups excluding carboxylic acids is 1. The van der Waals surface area contributed by atoms with Crippen molar-refractivity contribution < 1.29 is 21.6 Å². The molecule has 2 spiro atoms. The molecule has 0 radical (unpaired) electrons. The molecule has 10 heteroatoms. The molecule has 0 N–H and O–H groups in total. The fraction of sp³-hybridized carbons (Fsp3) is 0.938. The van der Waals surface area contributed by atoms with Gasteiger partial charge >= 0.3 is 0 Å². The molecule has 0 aromatic rings. The van der Waals surface area contributed by atoms with Crippen LogP contribution in [0.4, 0.5) is 0 Å². The fourth-order valence-electron chi connectivity index (χ4n) is 5.20. The number of rotatable bonds is 3. The number of sulfonamides is 2. The smallest absolute Gasteiger partial charge is 0.230 e. The third kappa shape index (κ3) is 2.56. The lowest BCUT2D eigenvalue weighted by atomic mass is 9.60. The molecule has 0 bridgehead atoms. The van der Waals surface area contributed by atoms with E-state index in [4.69, 9.17) is 0 Å². The predicted molar refractivity (Wildman–Crippen MR) is 96.3 cm³/mol. The molecule has 0 aromatic carbocycles. The Kier molecular flexibility index (Phi) is 4.05. The Labute approximate surface area is 155 Å². The van der Waals surface area contributed by atoms with E-state index in [0.717, 1.165) is 12.8 Å². The van der Waals surface area contributed by atoms with Gasteiger partial charge < -0.3 is 4.90 Å². The lowest BCUT2D eigenvalue weighted by Crippen LogP contribution is -2.53. The van der Waals surface area contributed by atoms with Crippen LogP contribution in [-0.2, 0) is 24.8 Å². The topological polar surface area (TPSA) is 95.1 Å². The molecular formula is C16H27N3O5S2. The van der Waals surface area contributed by atoms with Crippen molar-refractivity contribution in [3.63, 3.8) is 0 Å². The summed E-state index contributed by atoms with van der Waals surface area (Å²) in [7, 11) is -4.86. The molecule has 3 heterocycles. The number of fused-ring (bicyclic) bond motifs is 1. The number of hydrogen-bond acceptors (Lipinski definition) is 5. The highest BCUT2D eigenvalue weighted by molar-refractivity contribution is 7.90. The second kappa shape index (κ2) is 5.65. The minimum Gasteiger partial charge on any atom is -0.345 e. The first-order valence-corrected chi connectivity index (χ1v) is 12.6. The fourth-order valence-corrected chi connectivity index (χ4v) is 7.98. The number of likely N-dealkylation sites (tertiary alicyclic amines) is 1. The Balaban J connectivity index is 1.64. The van der Waals surface area contributed by atoms with Gasteiger partial charge in [-0.3, -0.25) is 4.79 Å². The van der Waals surface area contributed by atoms with Crippen LogP contribution < -0.4 is 0 Å². The first kappa shape index (κ1) is 18.6. The molecule has 1 amide bonds. The van der Waals surface area contributed by atoms with Crippen molar-refractivity contribution in [3.8, 4) is 0 Å². The average molecular weight is 406 g/mol. The number of nitrogens with zero attached hydrogens (tertiary/aromatic N) is 3. The largest absolute Gasteiger partial charge is 0.345 e. The molecule has 8 nitrogen and oxygen atoms in total. The van der Waals surface area contributed by atoms with E-state index >= 15 is 0 Å². The van der Waals surface area contributed by atoms with E-state index in [-0.39, 0.29) is 17.7 Å². The third-order valence-electron chi connectivity index (χ3n) is 7.02. The molecule has 3 saturated heterocycles. The first-order chi connectivity index (χ1) is 12.0. The molecule has 1 unspecified atom stereocenters. The van der Waals surface area contributed by atoms with Crippen LogP contribution in [0.15, 0.2) is 0 Å². The molecule has 26 heavy (non-hydrogen) atoms. The standard InChI is InChI=1S/C16H27N3O5S2/c1-17-8-7-16(14(17)20)12-19(25(2,21)22)11-15(16)5-9-18(10-6-15)26(23,24)13-3-4-13/h13H,3-12H2,1-2H3. The van der Waals surface area contributed by atoms with Crippen molar-refractivity contribution in [3.05, 3.63) is 0 Å². The first-order valence-electron chi connectivity index (χ1n) is 9.22. The second-order valence-electron chi connectivity index (χ2n) is 8.51. The summed E-state index contributed by atoms with van der Waals surface area (Å²) in [6, 6.07) is 0. The van der Waals surface area contributed by atoms with Crippen LogP contribution >= 0.6 is 0 Å². The zero-order valence-electron chi connectivity index (χ0n) is 15.3. The van der Waals surface area contributed by atoms with Crippen molar-refractivity contribution >= 4 is 26.0 Å². The normalized spacial score (nSPS) is 33.6. The van der Waals surface area contributed by atoms with Gasteiger partial charge in [0.1, 0.15) is 0 Å². The Morgan fingerprint density at radius 2 is 1.54 bits per heavy atom. The van der Waals surface area contributed by atoms with Gasteiger partial charge in [-0.1, -0.05) is 0 Å². The highest BCUT2D eigenvalue weighted by Crippen LogP contribution is 2.58. The molecule has 4 fully saturated rings. The van der Waals surface area contributed by atoms with Gasteiger partial charge in [0, 0.05) is 45.2 Å². The maximum atomic E-state index is 13.0. The molecule has 3 aliphatic heterocycles. The summed E-state index contributed by atoms with van der Waals surface area (Å²) in [6.07, 6.45) is 4.40. The maximum Gasteiger partial charge on any atom is 0.230 e. The molecule has 4 rings (SSSR count). The zero-order valence-corrected chi connectivity index (χ0v) is 17.0. The maximum absolute atomic E-state index is 13.0. The van der Waals surface area contributed by atoms with Crippen molar-refractivity contribution in [1.29, 1.82) is 0 Å². The SMILES string of the molecule is CN1CCC2(CN(S(C)(=O)=O)CC23CCN(S(=O)(=O)C2CC2)CC3)C1=O. The van der Waals surface area contributed by atoms with Gasteiger partial charge in [0.25, 0.3) is 0 Å². The molecular weight excluding hydrogens is 378 g/mol. The quantitative estimate of drug-likeness (QED) is 0.642. The van der Waals surface area contributed by atoms with Crippen LogP contribution in [0.1, 0.15) is 32.1 Å². The third-order valence-corrected chi connectivity index (χ3v) is 10.6. The Hall–Kier alpha value is -0.710. The van der Waals surface area contributed by atoms with Crippen LogP contribution in [0.3, 0.4) is 0 Å². The summed E-state index contributed by atoms with van der Waals surface area (Å²) >= 11 is 0. The lowest BCUT2D eigenvalue weighted by molar-refractivity contribution is -0.140. The minimum atomic E-state index is -3.40. The second-order valence-corrected chi connectivity index (χ2v) is 12.7. The highest BCUT2D eigenvalue weighted by Gasteiger charge is 2.66.